The number of piperidine rings is 1. The van der Waals surface area contributed by atoms with E-state index in [-0.39, 0.29) is 0 Å². The van der Waals surface area contributed by atoms with Crippen LogP contribution in [0, 0.1) is 0 Å². The van der Waals surface area contributed by atoms with Crippen LogP contribution < -0.4 is 5.32 Å². The molecule has 2 aliphatic heterocycles. The van der Waals surface area contributed by atoms with Gasteiger partial charge in [0.1, 0.15) is 0 Å². The summed E-state index contributed by atoms with van der Waals surface area (Å²) >= 11 is 0. The molecule has 0 saturated carbocycles. The van der Waals surface area contributed by atoms with Gasteiger partial charge in [-0.25, -0.2) is 0 Å². The van der Waals surface area contributed by atoms with Gasteiger partial charge in [0.15, 0.2) is 0 Å². The van der Waals surface area contributed by atoms with Crippen molar-refractivity contribution in [2.75, 3.05) is 53.0 Å². The van der Waals surface area contributed by atoms with E-state index in [1.807, 2.05) is 0 Å². The van der Waals surface area contributed by atoms with Crippen LogP contribution in [-0.4, -0.2) is 74.4 Å². The van der Waals surface area contributed by atoms with Crippen molar-refractivity contribution < 1.29 is 4.74 Å². The molecule has 0 aromatic rings. The van der Waals surface area contributed by atoms with Crippen LogP contribution in [-0.2, 0) is 4.74 Å². The predicted molar refractivity (Wildman–Crippen MR) is 75.0 cm³/mol. The maximum atomic E-state index is 5.40. The molecule has 106 valence electrons. The minimum absolute atomic E-state index is 0.361. The molecule has 0 bridgehead atoms. The van der Waals surface area contributed by atoms with E-state index in [4.69, 9.17) is 4.74 Å². The molecule has 2 rings (SSSR count). The predicted octanol–water partition coefficient (Wildman–Crippen LogP) is 0.781. The quantitative estimate of drug-likeness (QED) is 0.803. The zero-order valence-electron chi connectivity index (χ0n) is 12.2. The molecule has 4 heteroatoms. The van der Waals surface area contributed by atoms with Crippen LogP contribution >= 0.6 is 0 Å². The second-order valence-electron chi connectivity index (χ2n) is 6.24. The van der Waals surface area contributed by atoms with Crippen LogP contribution in [0.5, 0.6) is 0 Å². The maximum Gasteiger partial charge on any atom is 0.0594 e. The molecule has 4 nitrogen and oxygen atoms in total. The molecule has 1 unspecified atom stereocenters. The Morgan fingerprint density at radius 2 is 1.94 bits per heavy atom. The highest BCUT2D eigenvalue weighted by Gasteiger charge is 2.33. The van der Waals surface area contributed by atoms with Crippen molar-refractivity contribution in [1.29, 1.82) is 0 Å². The second kappa shape index (κ2) is 6.33. The molecule has 2 heterocycles. The summed E-state index contributed by atoms with van der Waals surface area (Å²) in [4.78, 5) is 5.19. The summed E-state index contributed by atoms with van der Waals surface area (Å²) in [6.45, 7) is 12.3. The fourth-order valence-electron chi connectivity index (χ4n) is 3.01. The molecule has 0 amide bonds. The fraction of sp³-hybridized carbons (Fsp3) is 1.00. The van der Waals surface area contributed by atoms with Crippen LogP contribution in [0.3, 0.4) is 0 Å². The van der Waals surface area contributed by atoms with Crippen LogP contribution in [0.2, 0.25) is 0 Å². The lowest BCUT2D eigenvalue weighted by Crippen LogP contribution is -2.56. The van der Waals surface area contributed by atoms with E-state index < -0.39 is 0 Å². The van der Waals surface area contributed by atoms with Gasteiger partial charge in [-0.05, 0) is 33.7 Å². The van der Waals surface area contributed by atoms with Gasteiger partial charge in [0.05, 0.1) is 13.2 Å². The van der Waals surface area contributed by atoms with E-state index in [1.54, 1.807) is 0 Å². The first-order valence-corrected chi connectivity index (χ1v) is 7.34. The summed E-state index contributed by atoms with van der Waals surface area (Å²) in [5.74, 6) is 0. The topological polar surface area (TPSA) is 27.7 Å². The van der Waals surface area contributed by atoms with Gasteiger partial charge in [0.25, 0.3) is 0 Å². The van der Waals surface area contributed by atoms with Crippen LogP contribution in [0.25, 0.3) is 0 Å². The lowest BCUT2D eigenvalue weighted by Gasteiger charge is -2.46. The molecule has 18 heavy (non-hydrogen) atoms. The molecule has 0 aliphatic carbocycles. The van der Waals surface area contributed by atoms with Crippen molar-refractivity contribution in [2.24, 2.45) is 0 Å². The van der Waals surface area contributed by atoms with Gasteiger partial charge < -0.3 is 10.1 Å². The van der Waals surface area contributed by atoms with Crippen molar-refractivity contribution >= 4 is 0 Å². The number of hydrogen-bond acceptors (Lipinski definition) is 4. The Hall–Kier alpha value is -0.160. The van der Waals surface area contributed by atoms with Crippen molar-refractivity contribution in [3.05, 3.63) is 0 Å². The highest BCUT2D eigenvalue weighted by atomic mass is 16.5. The van der Waals surface area contributed by atoms with Crippen molar-refractivity contribution in [3.8, 4) is 0 Å². The van der Waals surface area contributed by atoms with Crippen LogP contribution in [0.1, 0.15) is 26.7 Å². The zero-order chi connectivity index (χ0) is 13.0. The Labute approximate surface area is 112 Å². The zero-order valence-corrected chi connectivity index (χ0v) is 12.2. The van der Waals surface area contributed by atoms with Gasteiger partial charge in [0, 0.05) is 44.3 Å². The Kier molecular flexibility index (Phi) is 5.01. The molecular formula is C14H29N3O. The fourth-order valence-corrected chi connectivity index (χ4v) is 3.01. The van der Waals surface area contributed by atoms with E-state index in [0.29, 0.717) is 11.6 Å². The number of hydrogen-bond donors (Lipinski definition) is 1. The summed E-state index contributed by atoms with van der Waals surface area (Å²) < 4.78 is 5.40. The number of nitrogens with zero attached hydrogens (tertiary/aromatic N) is 2. The summed E-state index contributed by atoms with van der Waals surface area (Å²) in [5, 5.41) is 3.43. The third kappa shape index (κ3) is 3.67. The molecule has 2 aliphatic rings. The van der Waals surface area contributed by atoms with Gasteiger partial charge in [-0.2, -0.15) is 0 Å². The molecule has 1 atom stereocenters. The minimum Gasteiger partial charge on any atom is -0.379 e. The lowest BCUT2D eigenvalue weighted by atomic mass is 9.88. The Morgan fingerprint density at radius 1 is 1.22 bits per heavy atom. The first-order valence-electron chi connectivity index (χ1n) is 7.34. The smallest absolute Gasteiger partial charge is 0.0594 e. The summed E-state index contributed by atoms with van der Waals surface area (Å²) in [6.07, 6.45) is 2.60. The van der Waals surface area contributed by atoms with E-state index in [1.165, 1.54) is 32.5 Å². The van der Waals surface area contributed by atoms with Crippen LogP contribution in [0.15, 0.2) is 0 Å². The summed E-state index contributed by atoms with van der Waals surface area (Å²) in [5.41, 5.74) is 0.361. The first kappa shape index (κ1) is 14.3. The number of likely N-dealkylation sites (N-methyl/N-ethyl adjacent to an activating group) is 1. The number of nitrogens with one attached hydrogen (secondary N) is 1. The monoisotopic (exact) mass is 255 g/mol. The third-order valence-electron chi connectivity index (χ3n) is 4.60. The molecule has 2 fully saturated rings. The minimum atomic E-state index is 0.361. The van der Waals surface area contributed by atoms with Gasteiger partial charge >= 0.3 is 0 Å². The highest BCUT2D eigenvalue weighted by molar-refractivity contribution is 4.91. The molecule has 0 radical (unpaired) electrons. The largest absolute Gasteiger partial charge is 0.379 e. The Morgan fingerprint density at radius 3 is 2.61 bits per heavy atom. The van der Waals surface area contributed by atoms with E-state index >= 15 is 0 Å². The Bertz CT molecular complexity index is 251. The molecule has 0 aromatic heterocycles. The molecule has 2 saturated heterocycles. The van der Waals surface area contributed by atoms with Crippen molar-refractivity contribution in [2.45, 2.75) is 38.3 Å². The SMILES string of the molecule is CNC1CCC(C)(C)N(CCN2CCOCC2)C1. The van der Waals surface area contributed by atoms with Gasteiger partial charge in [-0.15, -0.1) is 0 Å². The molecule has 1 N–H and O–H groups in total. The number of likely N-dealkylation sites (tertiary alicyclic amines) is 1. The molecular weight excluding hydrogens is 226 g/mol. The first-order chi connectivity index (χ1) is 8.62. The number of ether oxygens (including phenoxy) is 1. The van der Waals surface area contributed by atoms with Crippen molar-refractivity contribution in [3.63, 3.8) is 0 Å². The Balaban J connectivity index is 1.81. The van der Waals surface area contributed by atoms with Gasteiger partial charge in [0.2, 0.25) is 0 Å². The third-order valence-corrected chi connectivity index (χ3v) is 4.60. The van der Waals surface area contributed by atoms with E-state index in [0.717, 1.165) is 26.3 Å². The second-order valence-corrected chi connectivity index (χ2v) is 6.24. The van der Waals surface area contributed by atoms with E-state index in [2.05, 4.69) is 36.0 Å². The standard InChI is InChI=1S/C14H29N3O/c1-14(2)5-4-13(15-3)12-17(14)7-6-16-8-10-18-11-9-16/h13,15H,4-12H2,1-3H3. The maximum absolute atomic E-state index is 5.40. The van der Waals surface area contributed by atoms with Gasteiger partial charge in [-0.1, -0.05) is 0 Å². The van der Waals surface area contributed by atoms with Gasteiger partial charge in [-0.3, -0.25) is 9.80 Å². The van der Waals surface area contributed by atoms with E-state index in [9.17, 15) is 0 Å². The average molecular weight is 255 g/mol. The highest BCUT2D eigenvalue weighted by Crippen LogP contribution is 2.27. The number of morpholine rings is 1. The summed E-state index contributed by atoms with van der Waals surface area (Å²) in [6, 6.07) is 0.669. The molecule has 0 spiro atoms. The lowest BCUT2D eigenvalue weighted by molar-refractivity contribution is 0.0136. The summed E-state index contributed by atoms with van der Waals surface area (Å²) in [7, 11) is 2.09. The van der Waals surface area contributed by atoms with Crippen molar-refractivity contribution in [1.82, 2.24) is 15.1 Å². The average Bonchev–Trinajstić information content (AvgIpc) is 2.38. The molecule has 0 aromatic carbocycles. The normalized spacial score (nSPS) is 30.5. The number of rotatable bonds is 4. The van der Waals surface area contributed by atoms with Crippen LogP contribution in [0.4, 0.5) is 0 Å².